The highest BCUT2D eigenvalue weighted by atomic mass is 16.5. The van der Waals surface area contributed by atoms with Crippen LogP contribution < -0.4 is 24.3 Å². The first-order chi connectivity index (χ1) is 18.8. The lowest BCUT2D eigenvalue weighted by molar-refractivity contribution is -0.120. The van der Waals surface area contributed by atoms with Crippen LogP contribution in [0.15, 0.2) is 58.7 Å². The van der Waals surface area contributed by atoms with Gasteiger partial charge in [-0.1, -0.05) is 6.07 Å². The SMILES string of the molecule is COc1ccc2c(c1)C(CC(=O)NCc1ccco1)=C(C)C2=Cc1cc(OC)c(OCCN(C)C)c(OC)c1. The van der Waals surface area contributed by atoms with Crippen LogP contribution >= 0.6 is 0 Å². The first-order valence-electron chi connectivity index (χ1n) is 12.8. The summed E-state index contributed by atoms with van der Waals surface area (Å²) in [6.07, 6.45) is 3.91. The summed E-state index contributed by atoms with van der Waals surface area (Å²) in [5.74, 6) is 3.11. The maximum atomic E-state index is 12.9. The number of nitrogens with zero attached hydrogens (tertiary/aromatic N) is 1. The van der Waals surface area contributed by atoms with E-state index in [4.69, 9.17) is 23.4 Å². The number of methoxy groups -OCH3 is 3. The number of rotatable bonds is 12. The molecule has 206 valence electrons. The number of nitrogens with one attached hydrogen (secondary N) is 1. The number of hydrogen-bond acceptors (Lipinski definition) is 7. The van der Waals surface area contributed by atoms with Crippen LogP contribution in [-0.4, -0.2) is 59.4 Å². The van der Waals surface area contributed by atoms with Crippen LogP contribution in [0, 0.1) is 0 Å². The molecule has 39 heavy (non-hydrogen) atoms. The Kier molecular flexibility index (Phi) is 8.99. The summed E-state index contributed by atoms with van der Waals surface area (Å²) in [6, 6.07) is 13.5. The average Bonchev–Trinajstić information content (AvgIpc) is 3.54. The van der Waals surface area contributed by atoms with Crippen molar-refractivity contribution >= 4 is 23.1 Å². The van der Waals surface area contributed by atoms with E-state index in [1.807, 2.05) is 62.3 Å². The Bertz CT molecular complexity index is 1350. The lowest BCUT2D eigenvalue weighted by Gasteiger charge is -2.17. The minimum atomic E-state index is -0.0849. The van der Waals surface area contributed by atoms with Gasteiger partial charge in [0.05, 0.1) is 40.6 Å². The molecule has 0 unspecified atom stereocenters. The zero-order valence-electron chi connectivity index (χ0n) is 23.4. The van der Waals surface area contributed by atoms with Crippen LogP contribution in [0.5, 0.6) is 23.0 Å². The standard InChI is InChI=1S/C31H36N2O6/c1-20-25(14-21-15-28(36-5)31(29(16-21)37-6)39-13-11-33(2)3)24-10-9-22(35-4)17-27(24)26(20)18-30(34)32-19-23-8-7-12-38-23/h7-10,12,14-17H,11,13,18-19H2,1-6H3,(H,32,34). The van der Waals surface area contributed by atoms with Crippen molar-refractivity contribution in [2.75, 3.05) is 48.6 Å². The van der Waals surface area contributed by atoms with Gasteiger partial charge in [-0.25, -0.2) is 0 Å². The molecular formula is C31H36N2O6. The van der Waals surface area contributed by atoms with Crippen LogP contribution in [-0.2, 0) is 11.3 Å². The normalized spacial score (nSPS) is 13.6. The van der Waals surface area contributed by atoms with Crippen molar-refractivity contribution in [2.45, 2.75) is 19.9 Å². The molecule has 4 rings (SSSR count). The van der Waals surface area contributed by atoms with E-state index < -0.39 is 0 Å². The third-order valence-electron chi connectivity index (χ3n) is 6.65. The average molecular weight is 533 g/mol. The van der Waals surface area contributed by atoms with Crippen LogP contribution in [0.4, 0.5) is 0 Å². The third-order valence-corrected chi connectivity index (χ3v) is 6.65. The number of benzene rings is 2. The predicted molar refractivity (Wildman–Crippen MR) is 152 cm³/mol. The van der Waals surface area contributed by atoms with Crippen molar-refractivity contribution in [3.63, 3.8) is 0 Å². The van der Waals surface area contributed by atoms with Crippen LogP contribution in [0.2, 0.25) is 0 Å². The van der Waals surface area contributed by atoms with Gasteiger partial charge in [-0.3, -0.25) is 4.79 Å². The van der Waals surface area contributed by atoms with Gasteiger partial charge < -0.3 is 33.6 Å². The van der Waals surface area contributed by atoms with Gasteiger partial charge in [-0.2, -0.15) is 0 Å². The van der Waals surface area contributed by atoms with E-state index >= 15 is 0 Å². The summed E-state index contributed by atoms with van der Waals surface area (Å²) in [4.78, 5) is 15.0. The number of likely N-dealkylation sites (N-methyl/N-ethyl adjacent to an activating group) is 1. The summed E-state index contributed by atoms with van der Waals surface area (Å²) >= 11 is 0. The number of carbonyl (C=O) groups excluding carboxylic acids is 1. The minimum Gasteiger partial charge on any atom is -0.497 e. The Morgan fingerprint density at radius 1 is 1.00 bits per heavy atom. The molecule has 0 bridgehead atoms. The minimum absolute atomic E-state index is 0.0849. The van der Waals surface area contributed by atoms with Crippen molar-refractivity contribution in [1.29, 1.82) is 0 Å². The predicted octanol–water partition coefficient (Wildman–Crippen LogP) is 5.28. The lowest BCUT2D eigenvalue weighted by atomic mass is 10.00. The Morgan fingerprint density at radius 2 is 1.74 bits per heavy atom. The Hall–Kier alpha value is -4.17. The number of hydrogen-bond donors (Lipinski definition) is 1. The molecule has 0 saturated heterocycles. The molecule has 1 amide bonds. The molecule has 1 heterocycles. The van der Waals surface area contributed by atoms with Crippen LogP contribution in [0.25, 0.3) is 17.2 Å². The van der Waals surface area contributed by atoms with Crippen molar-refractivity contribution in [3.8, 4) is 23.0 Å². The fourth-order valence-electron chi connectivity index (χ4n) is 4.56. The zero-order chi connectivity index (χ0) is 27.9. The molecule has 3 aromatic rings. The van der Waals surface area contributed by atoms with E-state index in [-0.39, 0.29) is 12.3 Å². The highest BCUT2D eigenvalue weighted by molar-refractivity contribution is 6.08. The summed E-state index contributed by atoms with van der Waals surface area (Å²) in [5, 5.41) is 2.95. The number of carbonyl (C=O) groups is 1. The molecule has 0 aliphatic heterocycles. The molecule has 1 aliphatic rings. The molecular weight excluding hydrogens is 496 g/mol. The van der Waals surface area contributed by atoms with Crippen molar-refractivity contribution in [3.05, 3.63) is 76.8 Å². The third kappa shape index (κ3) is 6.46. The fourth-order valence-corrected chi connectivity index (χ4v) is 4.56. The molecule has 2 aromatic carbocycles. The second-order valence-electron chi connectivity index (χ2n) is 9.51. The smallest absolute Gasteiger partial charge is 0.224 e. The van der Waals surface area contributed by atoms with Crippen molar-refractivity contribution in [2.24, 2.45) is 0 Å². The van der Waals surface area contributed by atoms with E-state index in [1.165, 1.54) is 0 Å². The second kappa shape index (κ2) is 12.6. The van der Waals surface area contributed by atoms with Crippen LogP contribution in [0.3, 0.4) is 0 Å². The Balaban J connectivity index is 1.68. The topological polar surface area (TPSA) is 82.4 Å². The molecule has 0 spiro atoms. The summed E-state index contributed by atoms with van der Waals surface area (Å²) < 4.78 is 28.2. The highest BCUT2D eigenvalue weighted by Crippen LogP contribution is 2.46. The van der Waals surface area contributed by atoms with Gasteiger partial charge in [0.1, 0.15) is 18.1 Å². The molecule has 1 N–H and O–H groups in total. The number of ether oxygens (including phenoxy) is 4. The molecule has 0 fully saturated rings. The molecule has 1 aromatic heterocycles. The Morgan fingerprint density at radius 3 is 2.36 bits per heavy atom. The van der Waals surface area contributed by atoms with Crippen molar-refractivity contribution < 1.29 is 28.2 Å². The lowest BCUT2D eigenvalue weighted by Crippen LogP contribution is -2.22. The number of amides is 1. The monoisotopic (exact) mass is 532 g/mol. The maximum Gasteiger partial charge on any atom is 0.224 e. The Labute approximate surface area is 229 Å². The van der Waals surface area contributed by atoms with E-state index in [1.54, 1.807) is 33.7 Å². The van der Waals surface area contributed by atoms with Crippen molar-refractivity contribution in [1.82, 2.24) is 10.2 Å². The van der Waals surface area contributed by atoms with Gasteiger partial charge in [0.25, 0.3) is 0 Å². The highest BCUT2D eigenvalue weighted by Gasteiger charge is 2.26. The van der Waals surface area contributed by atoms with E-state index in [2.05, 4.69) is 11.4 Å². The van der Waals surface area contributed by atoms with E-state index in [0.717, 1.165) is 45.7 Å². The second-order valence-corrected chi connectivity index (χ2v) is 9.51. The van der Waals surface area contributed by atoms with Gasteiger partial charge in [0.2, 0.25) is 11.7 Å². The van der Waals surface area contributed by atoms with E-state index in [9.17, 15) is 4.79 Å². The van der Waals surface area contributed by atoms with E-state index in [0.29, 0.717) is 36.2 Å². The quantitative estimate of drug-likeness (QED) is 0.340. The number of allylic oxidation sites excluding steroid dienone is 2. The van der Waals surface area contributed by atoms with Gasteiger partial charge >= 0.3 is 0 Å². The zero-order valence-corrected chi connectivity index (χ0v) is 23.4. The summed E-state index contributed by atoms with van der Waals surface area (Å²) in [7, 11) is 8.86. The summed E-state index contributed by atoms with van der Waals surface area (Å²) in [6.45, 7) is 3.65. The number of fused-ring (bicyclic) bond motifs is 1. The van der Waals surface area contributed by atoms with Crippen LogP contribution in [0.1, 0.15) is 35.8 Å². The fraction of sp³-hybridized carbons (Fsp3) is 0.323. The molecule has 0 saturated carbocycles. The number of furan rings is 1. The van der Waals surface area contributed by atoms with Gasteiger partial charge in [0, 0.05) is 6.54 Å². The molecule has 8 heteroatoms. The summed E-state index contributed by atoms with van der Waals surface area (Å²) in [5.41, 5.74) is 5.90. The molecule has 0 atom stereocenters. The largest absolute Gasteiger partial charge is 0.497 e. The van der Waals surface area contributed by atoms with Gasteiger partial charge in [-0.15, -0.1) is 0 Å². The molecule has 1 aliphatic carbocycles. The van der Waals surface area contributed by atoms with Gasteiger partial charge in [-0.05, 0) is 96.9 Å². The molecule has 0 radical (unpaired) electrons. The van der Waals surface area contributed by atoms with Gasteiger partial charge in [0.15, 0.2) is 11.5 Å². The molecule has 8 nitrogen and oxygen atoms in total. The first-order valence-corrected chi connectivity index (χ1v) is 12.8. The maximum absolute atomic E-state index is 12.9. The first kappa shape index (κ1) is 27.9.